The molecule has 1 saturated carbocycles. The van der Waals surface area contributed by atoms with Crippen molar-refractivity contribution < 1.29 is 34.8 Å². The summed E-state index contributed by atoms with van der Waals surface area (Å²) in [6.07, 6.45) is -6.89. The smallest absolute Gasteiger partial charge is 0.269 e. The van der Waals surface area contributed by atoms with Gasteiger partial charge >= 0.3 is 0 Å². The normalized spacial score (nSPS) is 36.9. The largest absolute Gasteiger partial charge is 0.462 e. The molecule has 7 atom stereocenters. The lowest BCUT2D eigenvalue weighted by Gasteiger charge is -2.61. The van der Waals surface area contributed by atoms with Gasteiger partial charge in [0.1, 0.15) is 29.7 Å². The second-order valence-electron chi connectivity index (χ2n) is 7.00. The Bertz CT molecular complexity index is 856. The van der Waals surface area contributed by atoms with E-state index in [0.29, 0.717) is 5.56 Å². The Kier molecular flexibility index (Phi) is 4.56. The van der Waals surface area contributed by atoms with E-state index in [1.54, 1.807) is 30.3 Å². The van der Waals surface area contributed by atoms with Crippen LogP contribution >= 0.6 is 0 Å². The molecule has 9 nitrogen and oxygen atoms in total. The van der Waals surface area contributed by atoms with Crippen molar-refractivity contribution in [1.82, 2.24) is 0 Å². The van der Waals surface area contributed by atoms with Gasteiger partial charge in [-0.15, -0.1) is 0 Å². The van der Waals surface area contributed by atoms with Crippen LogP contribution in [0.2, 0.25) is 0 Å². The molecule has 1 saturated heterocycles. The fourth-order valence-corrected chi connectivity index (χ4v) is 3.97. The zero-order valence-electron chi connectivity index (χ0n) is 14.5. The van der Waals surface area contributed by atoms with E-state index in [2.05, 4.69) is 0 Å². The Labute approximate surface area is 159 Å². The first-order valence-electron chi connectivity index (χ1n) is 8.72. The summed E-state index contributed by atoms with van der Waals surface area (Å²) in [5, 5.41) is 53.2. The third-order valence-corrected chi connectivity index (χ3v) is 5.42. The van der Waals surface area contributed by atoms with Crippen molar-refractivity contribution in [3.05, 3.63) is 70.3 Å². The number of nitrogens with zero attached hydrogens (tertiary/aromatic N) is 1. The van der Waals surface area contributed by atoms with Crippen LogP contribution in [0.15, 0.2) is 54.6 Å². The number of hydrogen-bond acceptors (Lipinski definition) is 8. The van der Waals surface area contributed by atoms with E-state index >= 15 is 0 Å². The molecule has 2 aromatic rings. The third-order valence-electron chi connectivity index (χ3n) is 5.42. The van der Waals surface area contributed by atoms with Gasteiger partial charge in [0.15, 0.2) is 0 Å². The molecule has 0 amide bonds. The van der Waals surface area contributed by atoms with Gasteiger partial charge in [0.25, 0.3) is 5.69 Å². The molecule has 2 aromatic carbocycles. The van der Waals surface area contributed by atoms with Crippen LogP contribution in [0.1, 0.15) is 11.5 Å². The Morgan fingerprint density at radius 1 is 1.00 bits per heavy atom. The van der Waals surface area contributed by atoms with Crippen LogP contribution in [-0.2, 0) is 4.74 Å². The Hall–Kier alpha value is -2.56. The summed E-state index contributed by atoms with van der Waals surface area (Å²) < 4.78 is 11.0. The molecule has 2 fully saturated rings. The maximum absolute atomic E-state index is 11.0. The van der Waals surface area contributed by atoms with Crippen LogP contribution in [-0.4, -0.2) is 61.7 Å². The second-order valence-corrected chi connectivity index (χ2v) is 7.00. The van der Waals surface area contributed by atoms with Gasteiger partial charge in [0, 0.05) is 18.1 Å². The fourth-order valence-electron chi connectivity index (χ4n) is 3.97. The van der Waals surface area contributed by atoms with E-state index < -0.39 is 47.1 Å². The number of hydrogen-bond donors (Lipinski definition) is 4. The van der Waals surface area contributed by atoms with Gasteiger partial charge in [-0.2, -0.15) is 0 Å². The molecule has 0 radical (unpaired) electrons. The first-order chi connectivity index (χ1) is 13.3. The molecule has 9 heteroatoms. The van der Waals surface area contributed by atoms with Crippen LogP contribution in [0.25, 0.3) is 0 Å². The van der Waals surface area contributed by atoms with Gasteiger partial charge in [0.2, 0.25) is 6.29 Å². The number of benzene rings is 2. The summed E-state index contributed by atoms with van der Waals surface area (Å²) in [5.74, 6) is -0.663. The third kappa shape index (κ3) is 2.76. The van der Waals surface area contributed by atoms with Crippen LogP contribution in [0.4, 0.5) is 5.69 Å². The second kappa shape index (κ2) is 6.80. The number of ether oxygens (including phenoxy) is 2. The van der Waals surface area contributed by atoms with E-state index in [-0.39, 0.29) is 11.4 Å². The number of non-ortho nitro benzene ring substituents is 1. The van der Waals surface area contributed by atoms with Crippen molar-refractivity contribution in [3.8, 4) is 5.75 Å². The summed E-state index contributed by atoms with van der Waals surface area (Å²) in [6.45, 7) is 0. The quantitative estimate of drug-likeness (QED) is 0.432. The van der Waals surface area contributed by atoms with Gasteiger partial charge in [0.05, 0.1) is 11.0 Å². The van der Waals surface area contributed by atoms with Crippen LogP contribution in [0.3, 0.4) is 0 Å². The van der Waals surface area contributed by atoms with Crippen LogP contribution in [0, 0.1) is 10.1 Å². The Morgan fingerprint density at radius 3 is 2.25 bits per heavy atom. The molecule has 0 aromatic heterocycles. The van der Waals surface area contributed by atoms with E-state index in [0.717, 1.165) is 0 Å². The standard InChI is InChI=1S/C19H19NO8/c21-14-13(10-4-2-1-3-5-10)19(24)16(23)15(22)18(28-17(14)19)27-12-8-6-11(7-9-12)20(25)26/h1-9,13-18,21-24H/t13?,14?,15-,16-,17-,18-,19+/m1/s1. The SMILES string of the molecule is O=[N+]([O-])c1ccc(O[C@@H]2O[C@@H]3C(O)C(c4ccccc4)[C@]3(O)[C@H](O)[C@H]2O)cc1. The van der Waals surface area contributed by atoms with Crippen molar-refractivity contribution in [2.45, 2.75) is 42.2 Å². The molecular formula is C19H19NO8. The van der Waals surface area contributed by atoms with E-state index in [1.165, 1.54) is 24.3 Å². The molecule has 0 spiro atoms. The molecule has 1 heterocycles. The molecule has 148 valence electrons. The first kappa shape index (κ1) is 18.8. The van der Waals surface area contributed by atoms with Crippen molar-refractivity contribution in [2.75, 3.05) is 0 Å². The average molecular weight is 389 g/mol. The first-order valence-corrected chi connectivity index (χ1v) is 8.72. The highest BCUT2D eigenvalue weighted by Gasteiger charge is 2.71. The van der Waals surface area contributed by atoms with Gasteiger partial charge in [-0.1, -0.05) is 30.3 Å². The Balaban J connectivity index is 1.54. The highest BCUT2D eigenvalue weighted by molar-refractivity contribution is 5.37. The van der Waals surface area contributed by atoms with Crippen molar-refractivity contribution in [2.24, 2.45) is 0 Å². The lowest BCUT2D eigenvalue weighted by molar-refractivity contribution is -0.385. The zero-order chi connectivity index (χ0) is 20.1. The van der Waals surface area contributed by atoms with E-state index in [4.69, 9.17) is 9.47 Å². The van der Waals surface area contributed by atoms with Gasteiger partial charge in [-0.05, 0) is 17.7 Å². The number of rotatable bonds is 4. The maximum Gasteiger partial charge on any atom is 0.269 e. The maximum atomic E-state index is 11.0. The molecule has 0 bridgehead atoms. The number of aliphatic hydroxyl groups excluding tert-OH is 3. The molecule has 4 rings (SSSR count). The number of nitro groups is 1. The van der Waals surface area contributed by atoms with Crippen LogP contribution in [0.5, 0.6) is 5.75 Å². The predicted molar refractivity (Wildman–Crippen MR) is 94.5 cm³/mol. The molecular weight excluding hydrogens is 370 g/mol. The molecule has 1 aliphatic carbocycles. The molecule has 2 aliphatic rings. The molecule has 1 aliphatic heterocycles. The minimum atomic E-state index is -1.88. The molecule has 4 N–H and O–H groups in total. The van der Waals surface area contributed by atoms with Gasteiger partial charge in [-0.25, -0.2) is 0 Å². The minimum Gasteiger partial charge on any atom is -0.462 e. The summed E-state index contributed by atoms with van der Waals surface area (Å²) in [7, 11) is 0. The van der Waals surface area contributed by atoms with Crippen molar-refractivity contribution in [1.29, 1.82) is 0 Å². The summed E-state index contributed by atoms with van der Waals surface area (Å²) in [4.78, 5) is 10.2. The average Bonchev–Trinajstić information content (AvgIpc) is 2.70. The predicted octanol–water partition coefficient (Wildman–Crippen LogP) is 0.310. The topological polar surface area (TPSA) is 143 Å². The summed E-state index contributed by atoms with van der Waals surface area (Å²) >= 11 is 0. The fraction of sp³-hybridized carbons (Fsp3) is 0.368. The molecule has 2 unspecified atom stereocenters. The number of aliphatic hydroxyl groups is 4. The number of nitro benzene ring substituents is 1. The van der Waals surface area contributed by atoms with E-state index in [9.17, 15) is 30.5 Å². The molecule has 28 heavy (non-hydrogen) atoms. The van der Waals surface area contributed by atoms with Crippen molar-refractivity contribution >= 4 is 5.69 Å². The number of fused-ring (bicyclic) bond motifs is 1. The van der Waals surface area contributed by atoms with E-state index in [1.807, 2.05) is 0 Å². The summed E-state index contributed by atoms with van der Waals surface area (Å²) in [6, 6.07) is 13.8. The van der Waals surface area contributed by atoms with Crippen molar-refractivity contribution in [3.63, 3.8) is 0 Å². The zero-order valence-corrected chi connectivity index (χ0v) is 14.5. The highest BCUT2D eigenvalue weighted by Crippen LogP contribution is 2.53. The lowest BCUT2D eigenvalue weighted by Crippen LogP contribution is -2.80. The lowest BCUT2D eigenvalue weighted by atomic mass is 9.57. The van der Waals surface area contributed by atoms with Crippen LogP contribution < -0.4 is 4.74 Å². The van der Waals surface area contributed by atoms with Gasteiger partial charge in [-0.3, -0.25) is 10.1 Å². The highest BCUT2D eigenvalue weighted by atomic mass is 16.7. The summed E-state index contributed by atoms with van der Waals surface area (Å²) in [5.41, 5.74) is -1.40. The Morgan fingerprint density at radius 2 is 1.64 bits per heavy atom. The monoisotopic (exact) mass is 389 g/mol. The van der Waals surface area contributed by atoms with Gasteiger partial charge < -0.3 is 29.9 Å². The minimum absolute atomic E-state index is 0.132.